The minimum atomic E-state index is 0.355. The molecule has 0 aliphatic carbocycles. The fourth-order valence-electron chi connectivity index (χ4n) is 12.8. The fourth-order valence-corrected chi connectivity index (χ4v) is 27.5. The van der Waals surface area contributed by atoms with Crippen molar-refractivity contribution >= 4 is 253 Å². The Morgan fingerprint density at radius 1 is 0.278 bits per heavy atom. The molecule has 0 saturated carbocycles. The first kappa shape index (κ1) is 70.3. The van der Waals surface area contributed by atoms with E-state index < -0.39 is 0 Å². The predicted octanol–water partition coefficient (Wildman–Crippen LogP) is 32.7. The molecule has 0 amide bonds. The van der Waals surface area contributed by atoms with Crippen LogP contribution in [0.1, 0.15) is 138 Å². The van der Waals surface area contributed by atoms with Crippen LogP contribution in [0.2, 0.25) is 0 Å². The van der Waals surface area contributed by atoms with Crippen LogP contribution in [0.3, 0.4) is 0 Å². The first-order valence-corrected chi connectivity index (χ1v) is 43.4. The van der Waals surface area contributed by atoms with Crippen molar-refractivity contribution in [1.29, 1.82) is 0 Å². The summed E-state index contributed by atoms with van der Waals surface area (Å²) in [4.78, 5) is 8.49. The molecule has 6 aromatic carbocycles. The number of hydrogen-bond acceptors (Lipinski definition) is 12. The molecule has 0 atom stereocenters. The largest absolute Gasteiger partial charge is 0.139 e. The normalized spacial score (nSPS) is 12.1. The summed E-state index contributed by atoms with van der Waals surface area (Å²) in [7, 11) is 0. The van der Waals surface area contributed by atoms with E-state index in [2.05, 4.69) is 270 Å². The van der Waals surface area contributed by atoms with E-state index in [0.29, 0.717) is 16.7 Å². The van der Waals surface area contributed by atoms with Crippen LogP contribution in [-0.4, -0.2) is 0 Å². The third kappa shape index (κ3) is 16.0. The first-order chi connectivity index (χ1) is 46.1. The molecule has 97 heavy (non-hydrogen) atoms. The van der Waals surface area contributed by atoms with Gasteiger partial charge in [0.1, 0.15) is 0 Å². The van der Waals surface area contributed by atoms with Crippen molar-refractivity contribution < 1.29 is 0 Å². The van der Waals surface area contributed by atoms with Crippen LogP contribution in [0.15, 0.2) is 146 Å². The quantitative estimate of drug-likeness (QED) is 0.161. The lowest BCUT2D eigenvalue weighted by molar-refractivity contribution is 0.411. The standard InChI is InChI=1S/2C16H18S2.C15H16S2.C14H14S2.2C12H10S2/c2*1-10-7-14-15(17-10)12-8-11(9-16(2,3)4)5-6-13(12)18-14;1-9(2)6-11-4-5-13-12(8-11)15-14(17-13)7-10(3)16-15;1-8(2)10-4-5-12-11(7-10)14-13(16-12)6-9(3)15-14;1-7-3-4-9-10(5-7)14-11-6-8(2)13-12(9)11;1-7-4-3-5-9-11(7)14-10-6-8(2)13-12(9)10/h2*5-8H,9H2,1-4H3;4-5,7-9H,6H2,1-3H3;4-8H,1-3H3;2*3-6H,1-2H3. The van der Waals surface area contributed by atoms with Gasteiger partial charge in [-0.1, -0.05) is 124 Å². The molecule has 0 N–H and O–H groups in total. The van der Waals surface area contributed by atoms with Crippen LogP contribution < -0.4 is 0 Å². The monoisotopic (exact) mass is 1490 g/mol. The lowest BCUT2D eigenvalue weighted by atomic mass is 9.88. The summed E-state index contributed by atoms with van der Waals surface area (Å²) in [5.41, 5.74) is 9.29. The van der Waals surface area contributed by atoms with E-state index in [-0.39, 0.29) is 0 Å². The highest BCUT2D eigenvalue weighted by Crippen LogP contribution is 2.46. The highest BCUT2D eigenvalue weighted by molar-refractivity contribution is 7.35. The summed E-state index contributed by atoms with van der Waals surface area (Å²) in [5.74, 6) is 1.34. The van der Waals surface area contributed by atoms with Gasteiger partial charge in [0.2, 0.25) is 0 Å². The minimum absolute atomic E-state index is 0.355. The van der Waals surface area contributed by atoms with Gasteiger partial charge >= 0.3 is 0 Å². The average molecular weight is 1490 g/mol. The molecule has 12 aromatic heterocycles. The molecular formula is C85H86S12. The number of thiophene rings is 12. The number of fused-ring (bicyclic) bond motifs is 18. The molecule has 0 radical (unpaired) electrons. The summed E-state index contributed by atoms with van der Waals surface area (Å²) in [6.45, 7) is 40.4. The third-order valence-electron chi connectivity index (χ3n) is 17.0. The van der Waals surface area contributed by atoms with Gasteiger partial charge in [-0.05, 0) is 222 Å². The first-order valence-electron chi connectivity index (χ1n) is 33.6. The zero-order valence-corrected chi connectivity index (χ0v) is 68.8. The predicted molar refractivity (Wildman–Crippen MR) is 460 cm³/mol. The van der Waals surface area contributed by atoms with E-state index >= 15 is 0 Å². The topological polar surface area (TPSA) is 0 Å². The van der Waals surface area contributed by atoms with Crippen molar-refractivity contribution in [3.05, 3.63) is 208 Å². The van der Waals surface area contributed by atoms with E-state index in [1.165, 1.54) is 186 Å². The summed E-state index contributed by atoms with van der Waals surface area (Å²) in [6.07, 6.45) is 3.47. The van der Waals surface area contributed by atoms with Crippen molar-refractivity contribution in [1.82, 2.24) is 0 Å². The Morgan fingerprint density at radius 3 is 1.03 bits per heavy atom. The SMILES string of the molecule is Cc1cc2sc3c(C)cccc3c2s1.Cc1cc2sc3ccc(C(C)C)cc3c2s1.Cc1cc2sc3ccc(CC(C)(C)C)cc3c2s1.Cc1cc2sc3ccc(CC(C)(C)C)cc3c2s1.Cc1cc2sc3ccc(CC(C)C)cc3c2s1.Cc1ccc2c(c1)sc1cc(C)sc12. The van der Waals surface area contributed by atoms with Crippen LogP contribution >= 0.6 is 136 Å². The van der Waals surface area contributed by atoms with E-state index in [4.69, 9.17) is 0 Å². The van der Waals surface area contributed by atoms with Gasteiger partial charge in [0.15, 0.2) is 0 Å². The Bertz CT molecular complexity index is 5690. The maximum atomic E-state index is 2.40. The van der Waals surface area contributed by atoms with Crippen LogP contribution in [0.5, 0.6) is 0 Å². The van der Waals surface area contributed by atoms with Crippen molar-refractivity contribution in [3.63, 3.8) is 0 Å². The number of benzene rings is 6. The highest BCUT2D eigenvalue weighted by Gasteiger charge is 2.18. The summed E-state index contributed by atoms with van der Waals surface area (Å²) >= 11 is 23.0. The number of aryl methyl sites for hydroxylation is 8. The zero-order chi connectivity index (χ0) is 68.5. The van der Waals surface area contributed by atoms with Crippen molar-refractivity contribution in [2.75, 3.05) is 0 Å². The molecule has 0 fully saturated rings. The molecule has 12 heteroatoms. The summed E-state index contributed by atoms with van der Waals surface area (Å²) in [5, 5.41) is 8.67. The van der Waals surface area contributed by atoms with E-state index in [9.17, 15) is 0 Å². The Hall–Kier alpha value is -5.16. The Balaban J connectivity index is 0.000000105. The van der Waals surface area contributed by atoms with Gasteiger partial charge in [0, 0.05) is 118 Å². The molecule has 0 saturated heterocycles. The summed E-state index contributed by atoms with van der Waals surface area (Å²) < 4.78 is 26.1. The number of hydrogen-bond donors (Lipinski definition) is 0. The van der Waals surface area contributed by atoms with Gasteiger partial charge in [0.05, 0.1) is 28.2 Å². The van der Waals surface area contributed by atoms with Crippen LogP contribution in [0.25, 0.3) is 117 Å². The van der Waals surface area contributed by atoms with Gasteiger partial charge in [-0.15, -0.1) is 136 Å². The van der Waals surface area contributed by atoms with Crippen molar-refractivity contribution in [2.45, 2.75) is 150 Å². The fraction of sp³-hybridized carbons (Fsp3) is 0.294. The van der Waals surface area contributed by atoms with Crippen LogP contribution in [0.4, 0.5) is 0 Å². The molecule has 18 rings (SSSR count). The van der Waals surface area contributed by atoms with Gasteiger partial charge < -0.3 is 0 Å². The molecule has 0 aliphatic rings. The van der Waals surface area contributed by atoms with Gasteiger partial charge in [-0.2, -0.15) is 0 Å². The molecule has 0 aliphatic heterocycles. The number of rotatable bonds is 5. The Morgan fingerprint density at radius 2 is 0.629 bits per heavy atom. The molecule has 498 valence electrons. The van der Waals surface area contributed by atoms with Crippen LogP contribution in [0, 0.1) is 72.1 Å². The average Bonchev–Trinajstić information content (AvgIpc) is 1.69. The van der Waals surface area contributed by atoms with Crippen molar-refractivity contribution in [3.8, 4) is 0 Å². The molecule has 0 bridgehead atoms. The minimum Gasteiger partial charge on any atom is -0.139 e. The molecule has 18 aromatic rings. The molecule has 0 nitrogen and oxygen atoms in total. The third-order valence-corrected chi connectivity index (χ3v) is 31.1. The smallest absolute Gasteiger partial charge is 0.0532 e. The molecule has 0 spiro atoms. The van der Waals surface area contributed by atoms with Crippen LogP contribution in [-0.2, 0) is 19.3 Å². The Labute approximate surface area is 621 Å². The second kappa shape index (κ2) is 28.7. The van der Waals surface area contributed by atoms with Crippen molar-refractivity contribution in [2.24, 2.45) is 16.7 Å². The highest BCUT2D eigenvalue weighted by atomic mass is 32.1. The Kier molecular flexibility index (Phi) is 20.8. The lowest BCUT2D eigenvalue weighted by Crippen LogP contribution is -2.08. The molecular weight excluding hydrogens is 1410 g/mol. The lowest BCUT2D eigenvalue weighted by Gasteiger charge is -2.18. The van der Waals surface area contributed by atoms with Gasteiger partial charge in [0.25, 0.3) is 0 Å². The summed E-state index contributed by atoms with van der Waals surface area (Å²) in [6, 6.07) is 55.0. The van der Waals surface area contributed by atoms with E-state index in [0.717, 1.165) is 18.8 Å². The second-order valence-corrected chi connectivity index (χ2v) is 43.3. The van der Waals surface area contributed by atoms with E-state index in [1.54, 1.807) is 0 Å². The molecule has 0 unspecified atom stereocenters. The van der Waals surface area contributed by atoms with E-state index in [1.807, 2.05) is 136 Å². The maximum absolute atomic E-state index is 2.40. The maximum Gasteiger partial charge on any atom is 0.0532 e. The molecule has 12 heterocycles. The van der Waals surface area contributed by atoms with Gasteiger partial charge in [-0.3, -0.25) is 0 Å². The van der Waals surface area contributed by atoms with Gasteiger partial charge in [-0.25, -0.2) is 0 Å². The zero-order valence-electron chi connectivity index (χ0n) is 59.0. The second-order valence-electron chi connectivity index (χ2n) is 29.3.